The highest BCUT2D eigenvalue weighted by Crippen LogP contribution is 2.04. The van der Waals surface area contributed by atoms with Gasteiger partial charge in [0.2, 0.25) is 0 Å². The van der Waals surface area contributed by atoms with E-state index in [1.165, 1.54) is 0 Å². The minimum Gasteiger partial charge on any atom is -0.478 e. The van der Waals surface area contributed by atoms with E-state index in [9.17, 15) is 4.79 Å². The summed E-state index contributed by atoms with van der Waals surface area (Å²) in [7, 11) is 0. The second kappa shape index (κ2) is 6.76. The monoisotopic (exact) mass is 221 g/mol. The van der Waals surface area contributed by atoms with Gasteiger partial charge in [-0.05, 0) is 11.1 Å². The van der Waals surface area contributed by atoms with Crippen LogP contribution in [0, 0.1) is 0 Å². The predicted octanol–water partition coefficient (Wildman–Crippen LogP) is 0.909. The number of benzene rings is 1. The molecule has 0 aliphatic rings. The highest BCUT2D eigenvalue weighted by molar-refractivity contribution is 5.79. The zero-order valence-corrected chi connectivity index (χ0v) is 8.89. The van der Waals surface area contributed by atoms with E-state index in [1.807, 2.05) is 24.3 Å². The number of rotatable bonds is 6. The minimum absolute atomic E-state index is 0.0345. The average Bonchev–Trinajstić information content (AvgIpc) is 2.28. The molecule has 0 saturated carbocycles. The summed E-state index contributed by atoms with van der Waals surface area (Å²) in [6.45, 7) is 1.19. The van der Waals surface area contributed by atoms with E-state index in [4.69, 9.17) is 10.2 Å². The molecule has 0 aromatic heterocycles. The third-order valence-electron chi connectivity index (χ3n) is 2.03. The summed E-state index contributed by atoms with van der Waals surface area (Å²) in [4.78, 5) is 10.2. The van der Waals surface area contributed by atoms with E-state index in [-0.39, 0.29) is 6.61 Å². The van der Waals surface area contributed by atoms with Gasteiger partial charge >= 0.3 is 5.97 Å². The van der Waals surface area contributed by atoms with Gasteiger partial charge in [0, 0.05) is 19.2 Å². The maximum absolute atomic E-state index is 10.2. The molecule has 1 rings (SSSR count). The number of hydrogen-bond donors (Lipinski definition) is 3. The molecule has 0 saturated heterocycles. The smallest absolute Gasteiger partial charge is 0.328 e. The molecule has 0 bridgehead atoms. The third-order valence-corrected chi connectivity index (χ3v) is 2.03. The molecule has 1 aromatic carbocycles. The summed E-state index contributed by atoms with van der Waals surface area (Å²) in [5.41, 5.74) is 1.94. The van der Waals surface area contributed by atoms with E-state index in [0.717, 1.165) is 17.2 Å². The SMILES string of the molecule is O=C(O)/C=C/CNCc1cccc(CO)c1. The van der Waals surface area contributed by atoms with Crippen LogP contribution in [0.25, 0.3) is 0 Å². The summed E-state index contributed by atoms with van der Waals surface area (Å²) >= 11 is 0. The Bertz CT molecular complexity index is 374. The average molecular weight is 221 g/mol. The van der Waals surface area contributed by atoms with E-state index < -0.39 is 5.97 Å². The minimum atomic E-state index is -0.941. The molecule has 0 spiro atoms. The molecule has 0 radical (unpaired) electrons. The zero-order valence-electron chi connectivity index (χ0n) is 8.89. The van der Waals surface area contributed by atoms with E-state index in [2.05, 4.69) is 5.32 Å². The highest BCUT2D eigenvalue weighted by atomic mass is 16.4. The molecular weight excluding hydrogens is 206 g/mol. The standard InChI is InChI=1S/C12H15NO3/c14-9-11-4-1-3-10(7-11)8-13-6-2-5-12(15)16/h1-5,7,13-14H,6,8-9H2,(H,15,16)/b5-2+. The maximum atomic E-state index is 10.2. The van der Waals surface area contributed by atoms with Gasteiger partial charge < -0.3 is 15.5 Å². The Balaban J connectivity index is 2.34. The first-order valence-electron chi connectivity index (χ1n) is 5.01. The summed E-state index contributed by atoms with van der Waals surface area (Å²) in [5.74, 6) is -0.941. The van der Waals surface area contributed by atoms with Crippen molar-refractivity contribution in [1.82, 2.24) is 5.32 Å². The molecule has 1 aromatic rings. The van der Waals surface area contributed by atoms with E-state index >= 15 is 0 Å². The van der Waals surface area contributed by atoms with Crippen LogP contribution in [-0.4, -0.2) is 22.7 Å². The Morgan fingerprint density at radius 3 is 2.81 bits per heavy atom. The first-order valence-corrected chi connectivity index (χ1v) is 5.01. The fourth-order valence-electron chi connectivity index (χ4n) is 1.30. The molecule has 4 nitrogen and oxygen atoms in total. The number of carboxylic acid groups (broad SMARTS) is 1. The van der Waals surface area contributed by atoms with Gasteiger partial charge in [-0.1, -0.05) is 30.3 Å². The van der Waals surface area contributed by atoms with Gasteiger partial charge in [0.25, 0.3) is 0 Å². The van der Waals surface area contributed by atoms with Gasteiger partial charge in [-0.15, -0.1) is 0 Å². The molecule has 0 aliphatic carbocycles. The summed E-state index contributed by atoms with van der Waals surface area (Å²) in [6.07, 6.45) is 2.66. The molecule has 0 amide bonds. The summed E-state index contributed by atoms with van der Waals surface area (Å²) < 4.78 is 0. The van der Waals surface area contributed by atoms with Crippen LogP contribution in [-0.2, 0) is 17.9 Å². The van der Waals surface area contributed by atoms with Crippen LogP contribution in [0.15, 0.2) is 36.4 Å². The highest BCUT2D eigenvalue weighted by Gasteiger charge is 1.94. The van der Waals surface area contributed by atoms with Crippen LogP contribution in [0.5, 0.6) is 0 Å². The molecule has 3 N–H and O–H groups in total. The lowest BCUT2D eigenvalue weighted by Crippen LogP contribution is -2.13. The van der Waals surface area contributed by atoms with Gasteiger partial charge in [0.1, 0.15) is 0 Å². The molecule has 0 atom stereocenters. The topological polar surface area (TPSA) is 69.6 Å². The Kier molecular flexibility index (Phi) is 5.25. The molecule has 16 heavy (non-hydrogen) atoms. The van der Waals surface area contributed by atoms with Crippen molar-refractivity contribution in [3.8, 4) is 0 Å². The molecule has 0 heterocycles. The van der Waals surface area contributed by atoms with Gasteiger partial charge in [-0.2, -0.15) is 0 Å². The number of carbonyl (C=O) groups is 1. The van der Waals surface area contributed by atoms with Crippen molar-refractivity contribution in [2.24, 2.45) is 0 Å². The molecule has 0 fully saturated rings. The second-order valence-corrected chi connectivity index (χ2v) is 3.35. The largest absolute Gasteiger partial charge is 0.478 e. The van der Waals surface area contributed by atoms with Crippen LogP contribution in [0.3, 0.4) is 0 Å². The maximum Gasteiger partial charge on any atom is 0.328 e. The third kappa shape index (κ3) is 4.72. The molecule has 0 unspecified atom stereocenters. The zero-order chi connectivity index (χ0) is 11.8. The molecule has 86 valence electrons. The van der Waals surface area contributed by atoms with Crippen molar-refractivity contribution in [2.45, 2.75) is 13.2 Å². The van der Waals surface area contributed by atoms with Crippen LogP contribution < -0.4 is 5.32 Å². The molecular formula is C12H15NO3. The quantitative estimate of drug-likeness (QED) is 0.493. The van der Waals surface area contributed by atoms with Crippen molar-refractivity contribution in [1.29, 1.82) is 0 Å². The number of aliphatic hydroxyl groups is 1. The van der Waals surface area contributed by atoms with Crippen LogP contribution in [0.2, 0.25) is 0 Å². The van der Waals surface area contributed by atoms with Crippen LogP contribution in [0.4, 0.5) is 0 Å². The predicted molar refractivity (Wildman–Crippen MR) is 60.8 cm³/mol. The van der Waals surface area contributed by atoms with Gasteiger partial charge in [0.05, 0.1) is 6.61 Å². The summed E-state index contributed by atoms with van der Waals surface area (Å²) in [5, 5.41) is 20.4. The lowest BCUT2D eigenvalue weighted by atomic mass is 10.1. The van der Waals surface area contributed by atoms with Crippen molar-refractivity contribution >= 4 is 5.97 Å². The number of carboxylic acids is 1. The van der Waals surface area contributed by atoms with Crippen molar-refractivity contribution in [3.05, 3.63) is 47.5 Å². The fraction of sp³-hybridized carbons (Fsp3) is 0.250. The Morgan fingerprint density at radius 2 is 2.12 bits per heavy atom. The second-order valence-electron chi connectivity index (χ2n) is 3.35. The Labute approximate surface area is 94.2 Å². The lowest BCUT2D eigenvalue weighted by molar-refractivity contribution is -0.131. The van der Waals surface area contributed by atoms with Gasteiger partial charge in [0.15, 0.2) is 0 Å². The van der Waals surface area contributed by atoms with Gasteiger partial charge in [-0.25, -0.2) is 4.79 Å². The van der Waals surface area contributed by atoms with Crippen LogP contribution >= 0.6 is 0 Å². The van der Waals surface area contributed by atoms with E-state index in [1.54, 1.807) is 6.08 Å². The van der Waals surface area contributed by atoms with Crippen molar-refractivity contribution < 1.29 is 15.0 Å². The molecule has 0 aliphatic heterocycles. The van der Waals surface area contributed by atoms with E-state index in [0.29, 0.717) is 13.1 Å². The normalized spacial score (nSPS) is 10.8. The first kappa shape index (κ1) is 12.4. The Morgan fingerprint density at radius 1 is 1.38 bits per heavy atom. The van der Waals surface area contributed by atoms with Crippen molar-refractivity contribution in [3.63, 3.8) is 0 Å². The fourth-order valence-corrected chi connectivity index (χ4v) is 1.30. The van der Waals surface area contributed by atoms with Crippen LogP contribution in [0.1, 0.15) is 11.1 Å². The van der Waals surface area contributed by atoms with Crippen molar-refractivity contribution in [2.75, 3.05) is 6.54 Å². The lowest BCUT2D eigenvalue weighted by Gasteiger charge is -2.03. The van der Waals surface area contributed by atoms with Gasteiger partial charge in [-0.3, -0.25) is 0 Å². The Hall–Kier alpha value is -1.65. The number of nitrogens with one attached hydrogen (secondary N) is 1. The number of aliphatic carboxylic acids is 1. The number of hydrogen-bond acceptors (Lipinski definition) is 3. The summed E-state index contributed by atoms with van der Waals surface area (Å²) in [6, 6.07) is 7.60. The number of aliphatic hydroxyl groups excluding tert-OH is 1. The first-order chi connectivity index (χ1) is 7.72. The molecule has 4 heteroatoms.